The van der Waals surface area contributed by atoms with Crippen LogP contribution < -0.4 is 20.9 Å². The Balaban J connectivity index is 1.58. The lowest BCUT2D eigenvalue weighted by atomic mass is 9.97. The van der Waals surface area contributed by atoms with E-state index in [1.807, 2.05) is 4.98 Å². The van der Waals surface area contributed by atoms with Crippen LogP contribution >= 0.6 is 7.75 Å². The van der Waals surface area contributed by atoms with Crippen molar-refractivity contribution in [2.24, 2.45) is 5.11 Å². The molecule has 17 heteroatoms. The lowest BCUT2D eigenvalue weighted by Gasteiger charge is -2.32. The lowest BCUT2D eigenvalue weighted by molar-refractivity contribution is -0.152. The van der Waals surface area contributed by atoms with Crippen molar-refractivity contribution < 1.29 is 37.4 Å². The molecule has 1 saturated heterocycles. The van der Waals surface area contributed by atoms with Gasteiger partial charge in [0, 0.05) is 17.2 Å². The van der Waals surface area contributed by atoms with Crippen LogP contribution in [0.3, 0.4) is 0 Å². The molecule has 228 valence electrons. The van der Waals surface area contributed by atoms with Gasteiger partial charge in [0.25, 0.3) is 5.56 Å². The molecular formula is C25H32FN6O9P. The highest BCUT2D eigenvalue weighted by molar-refractivity contribution is 7.52. The molecule has 1 aliphatic heterocycles. The molecule has 0 spiro atoms. The lowest BCUT2D eigenvalue weighted by Crippen LogP contribution is -2.49. The second-order valence-corrected chi connectivity index (χ2v) is 11.8. The highest BCUT2D eigenvalue weighted by Crippen LogP contribution is 2.48. The standard InChI is InChI=1S/C25H32FN6O9P/c1-16(23(35)39-17-8-4-2-5-9-17)30-42(37,41-18-10-6-3-7-11-18)38-15-25(14-28-31-27)21(34)20(26)22(40-25)32-13-12-19(33)29-24(32)36/h3,6-7,10-13,16-17,20-22,34H,2,4-5,8-9,14-15H2,1H3,(H,30,37)(H,29,33,36)/t16?,20-,21+,22?,25-,42?/m1/s1. The molecule has 1 aliphatic carbocycles. The van der Waals surface area contributed by atoms with E-state index in [1.54, 1.807) is 18.2 Å². The summed E-state index contributed by atoms with van der Waals surface area (Å²) in [6.45, 7) is -0.170. The van der Waals surface area contributed by atoms with Crippen LogP contribution in [0.2, 0.25) is 0 Å². The van der Waals surface area contributed by atoms with Gasteiger partial charge in [-0.3, -0.25) is 23.7 Å². The topological polar surface area (TPSA) is 207 Å². The summed E-state index contributed by atoms with van der Waals surface area (Å²) < 4.78 is 52.6. The van der Waals surface area contributed by atoms with Crippen LogP contribution in [0.4, 0.5) is 4.39 Å². The number of halogens is 1. The first-order valence-electron chi connectivity index (χ1n) is 13.4. The predicted octanol–water partition coefficient (Wildman–Crippen LogP) is 2.87. The molecular weight excluding hydrogens is 578 g/mol. The number of carbonyl (C=O) groups is 1. The maximum atomic E-state index is 15.4. The number of hydrogen-bond acceptors (Lipinski definition) is 10. The minimum absolute atomic E-state index is 0.0965. The van der Waals surface area contributed by atoms with E-state index in [9.17, 15) is 24.1 Å². The molecule has 3 N–H and O–H groups in total. The molecule has 2 aliphatic rings. The van der Waals surface area contributed by atoms with Gasteiger partial charge < -0.3 is 19.1 Å². The predicted molar refractivity (Wildman–Crippen MR) is 145 cm³/mol. The normalized spacial score (nSPS) is 26.5. The van der Waals surface area contributed by atoms with Crippen LogP contribution in [0.5, 0.6) is 5.75 Å². The minimum atomic E-state index is -4.50. The second kappa shape index (κ2) is 13.6. The van der Waals surface area contributed by atoms with Crippen molar-refractivity contribution in [3.05, 3.63) is 73.9 Å². The number of para-hydroxylation sites is 1. The Bertz CT molecular complexity index is 1450. The average molecular weight is 611 g/mol. The van der Waals surface area contributed by atoms with Gasteiger partial charge in [-0.1, -0.05) is 29.7 Å². The first-order chi connectivity index (χ1) is 20.1. The van der Waals surface area contributed by atoms with Crippen molar-refractivity contribution in [2.45, 2.75) is 75.3 Å². The van der Waals surface area contributed by atoms with Crippen molar-refractivity contribution in [2.75, 3.05) is 13.2 Å². The Kier molecular flexibility index (Phi) is 10.2. The number of aromatic amines is 1. The maximum absolute atomic E-state index is 15.4. The molecule has 15 nitrogen and oxygen atoms in total. The summed E-state index contributed by atoms with van der Waals surface area (Å²) in [5, 5.41) is 16.8. The third kappa shape index (κ3) is 7.46. The molecule has 2 fully saturated rings. The molecule has 4 rings (SSSR count). The summed E-state index contributed by atoms with van der Waals surface area (Å²) in [6, 6.07) is 7.64. The van der Waals surface area contributed by atoms with Crippen molar-refractivity contribution in [3.63, 3.8) is 0 Å². The number of nitrogens with zero attached hydrogens (tertiary/aromatic N) is 4. The second-order valence-electron chi connectivity index (χ2n) is 10.1. The Morgan fingerprint density at radius 1 is 1.31 bits per heavy atom. The number of rotatable bonds is 12. The Morgan fingerprint density at radius 2 is 2.02 bits per heavy atom. The molecule has 1 saturated carbocycles. The minimum Gasteiger partial charge on any atom is -0.461 e. The smallest absolute Gasteiger partial charge is 0.459 e. The number of esters is 1. The van der Waals surface area contributed by atoms with E-state index in [0.717, 1.165) is 31.5 Å². The van der Waals surface area contributed by atoms with Crippen molar-refractivity contribution >= 4 is 13.7 Å². The largest absolute Gasteiger partial charge is 0.461 e. The summed E-state index contributed by atoms with van der Waals surface area (Å²) in [5.41, 5.74) is 5.02. The van der Waals surface area contributed by atoms with E-state index in [1.165, 1.54) is 19.1 Å². The summed E-state index contributed by atoms with van der Waals surface area (Å²) in [7, 11) is -4.50. The zero-order chi connectivity index (χ0) is 30.3. The van der Waals surface area contributed by atoms with Crippen LogP contribution in [-0.2, 0) is 23.4 Å². The van der Waals surface area contributed by atoms with Crippen LogP contribution in [0.25, 0.3) is 10.4 Å². The molecule has 0 amide bonds. The Hall–Kier alpha value is -3.52. The summed E-state index contributed by atoms with van der Waals surface area (Å²) in [6.07, 6.45) is -1.04. The molecule has 1 aromatic heterocycles. The third-order valence-electron chi connectivity index (χ3n) is 6.98. The SMILES string of the molecule is CC(NP(=O)(OC[C@@]1(CN=[N+]=[N-])OC(n2ccc(=O)[nH]c2=O)[C@H](F)[C@@H]1O)Oc1ccccc1)C(=O)OC1CCCCC1. The summed E-state index contributed by atoms with van der Waals surface area (Å²) >= 11 is 0. The first kappa shape index (κ1) is 31.4. The average Bonchev–Trinajstić information content (AvgIpc) is 3.21. The van der Waals surface area contributed by atoms with Crippen molar-refractivity contribution in [1.82, 2.24) is 14.6 Å². The molecule has 2 aromatic rings. The van der Waals surface area contributed by atoms with Crippen LogP contribution in [-0.4, -0.2) is 63.8 Å². The maximum Gasteiger partial charge on any atom is 0.459 e. The molecule has 6 atom stereocenters. The monoisotopic (exact) mass is 610 g/mol. The number of nitrogens with one attached hydrogen (secondary N) is 2. The van der Waals surface area contributed by atoms with Crippen LogP contribution in [0.1, 0.15) is 45.3 Å². The molecule has 3 unspecified atom stereocenters. The summed E-state index contributed by atoms with van der Waals surface area (Å²) in [5.74, 6) is -0.594. The van der Waals surface area contributed by atoms with Gasteiger partial charge in [-0.2, -0.15) is 5.09 Å². The molecule has 0 bridgehead atoms. The first-order valence-corrected chi connectivity index (χ1v) is 14.9. The van der Waals surface area contributed by atoms with E-state index < -0.39 is 68.3 Å². The highest BCUT2D eigenvalue weighted by atomic mass is 31.2. The Labute approximate surface area is 239 Å². The number of aliphatic hydroxyl groups excluding tert-OH is 1. The quantitative estimate of drug-likeness (QED) is 0.105. The van der Waals surface area contributed by atoms with Gasteiger partial charge in [-0.05, 0) is 50.3 Å². The van der Waals surface area contributed by atoms with Gasteiger partial charge in [-0.25, -0.2) is 13.8 Å². The zero-order valence-electron chi connectivity index (χ0n) is 22.7. The summed E-state index contributed by atoms with van der Waals surface area (Å²) in [4.78, 5) is 41.2. The zero-order valence-corrected chi connectivity index (χ0v) is 23.6. The highest BCUT2D eigenvalue weighted by Gasteiger charge is 2.57. The molecule has 1 aromatic carbocycles. The van der Waals surface area contributed by atoms with E-state index >= 15 is 4.39 Å². The van der Waals surface area contributed by atoms with Crippen LogP contribution in [0.15, 0.2) is 57.3 Å². The number of alkyl halides is 1. The van der Waals surface area contributed by atoms with Crippen molar-refractivity contribution in [3.8, 4) is 5.75 Å². The van der Waals surface area contributed by atoms with Gasteiger partial charge in [0.15, 0.2) is 12.4 Å². The van der Waals surface area contributed by atoms with Gasteiger partial charge >= 0.3 is 19.4 Å². The number of hydrogen-bond donors (Lipinski definition) is 3. The van der Waals surface area contributed by atoms with E-state index in [4.69, 9.17) is 24.1 Å². The fraction of sp³-hybridized carbons (Fsp3) is 0.560. The number of aromatic nitrogens is 2. The van der Waals surface area contributed by atoms with Gasteiger partial charge in [0.1, 0.15) is 29.6 Å². The van der Waals surface area contributed by atoms with E-state index in [-0.39, 0.29) is 11.9 Å². The van der Waals surface area contributed by atoms with Crippen molar-refractivity contribution in [1.29, 1.82) is 0 Å². The number of ether oxygens (including phenoxy) is 2. The number of benzene rings is 1. The number of carbonyl (C=O) groups excluding carboxylic acids is 1. The molecule has 0 radical (unpaired) electrons. The fourth-order valence-electron chi connectivity index (χ4n) is 4.75. The van der Waals surface area contributed by atoms with Gasteiger partial charge in [0.2, 0.25) is 0 Å². The van der Waals surface area contributed by atoms with Gasteiger partial charge in [0.05, 0.1) is 13.2 Å². The van der Waals surface area contributed by atoms with E-state index in [0.29, 0.717) is 17.4 Å². The Morgan fingerprint density at radius 3 is 2.69 bits per heavy atom. The van der Waals surface area contributed by atoms with E-state index in [2.05, 4.69) is 15.1 Å². The fourth-order valence-corrected chi connectivity index (χ4v) is 6.30. The third-order valence-corrected chi connectivity index (χ3v) is 8.61. The van der Waals surface area contributed by atoms with Gasteiger partial charge in [-0.15, -0.1) is 0 Å². The van der Waals surface area contributed by atoms with Crippen LogP contribution in [0, 0.1) is 0 Å². The molecule has 2 heterocycles. The molecule has 42 heavy (non-hydrogen) atoms. The number of azide groups is 1. The number of H-pyrrole nitrogens is 1. The number of aliphatic hydroxyl groups is 1.